The standard InChI is InChI=1S/C17H16N4O/c18-12-13-5-3-6-14(11-13)20-17(22)15-7-4-8-19-16(15)21-9-1-2-10-21/h3-8,11H,1-2,9-10H2,(H,20,22). The quantitative estimate of drug-likeness (QED) is 0.944. The van der Waals surface area contributed by atoms with Crippen molar-refractivity contribution in [1.29, 1.82) is 5.26 Å². The van der Waals surface area contributed by atoms with Gasteiger partial charge in [-0.15, -0.1) is 0 Å². The largest absolute Gasteiger partial charge is 0.356 e. The molecule has 3 rings (SSSR count). The van der Waals surface area contributed by atoms with Crippen LogP contribution in [0.15, 0.2) is 42.6 Å². The number of carbonyl (C=O) groups is 1. The highest BCUT2D eigenvalue weighted by Crippen LogP contribution is 2.23. The number of anilines is 2. The molecule has 2 aromatic rings. The average Bonchev–Trinajstić information content (AvgIpc) is 3.09. The lowest BCUT2D eigenvalue weighted by Crippen LogP contribution is -2.24. The van der Waals surface area contributed by atoms with Gasteiger partial charge in [-0.25, -0.2) is 4.98 Å². The third kappa shape index (κ3) is 2.91. The van der Waals surface area contributed by atoms with Crippen molar-refractivity contribution in [1.82, 2.24) is 4.98 Å². The summed E-state index contributed by atoms with van der Waals surface area (Å²) in [5, 5.41) is 11.8. The molecule has 1 saturated heterocycles. The maximum absolute atomic E-state index is 12.5. The molecule has 110 valence electrons. The molecule has 5 nitrogen and oxygen atoms in total. The lowest BCUT2D eigenvalue weighted by atomic mass is 10.2. The molecule has 1 aromatic heterocycles. The Kier molecular flexibility index (Phi) is 4.01. The summed E-state index contributed by atoms with van der Waals surface area (Å²) in [5.41, 5.74) is 1.69. The van der Waals surface area contributed by atoms with E-state index in [0.717, 1.165) is 31.7 Å². The number of hydrogen-bond donors (Lipinski definition) is 1. The molecule has 0 spiro atoms. The van der Waals surface area contributed by atoms with Crippen LogP contribution in [0, 0.1) is 11.3 Å². The van der Waals surface area contributed by atoms with Crippen molar-refractivity contribution in [2.75, 3.05) is 23.3 Å². The van der Waals surface area contributed by atoms with Crippen molar-refractivity contribution in [3.63, 3.8) is 0 Å². The Bertz CT molecular complexity index is 729. The van der Waals surface area contributed by atoms with Gasteiger partial charge in [-0.05, 0) is 43.2 Å². The Hall–Kier alpha value is -2.87. The van der Waals surface area contributed by atoms with Crippen LogP contribution in [0.3, 0.4) is 0 Å². The predicted octanol–water partition coefficient (Wildman–Crippen LogP) is 2.81. The first-order valence-corrected chi connectivity index (χ1v) is 7.29. The van der Waals surface area contributed by atoms with Gasteiger partial charge in [0.1, 0.15) is 5.82 Å². The Morgan fingerprint density at radius 1 is 1.23 bits per heavy atom. The highest BCUT2D eigenvalue weighted by molar-refractivity contribution is 6.07. The van der Waals surface area contributed by atoms with Crippen LogP contribution in [0.2, 0.25) is 0 Å². The number of carbonyl (C=O) groups excluding carboxylic acids is 1. The maximum atomic E-state index is 12.5. The molecule has 1 aromatic carbocycles. The van der Waals surface area contributed by atoms with Gasteiger partial charge in [0.15, 0.2) is 0 Å². The summed E-state index contributed by atoms with van der Waals surface area (Å²) in [4.78, 5) is 19.0. The molecule has 0 unspecified atom stereocenters. The summed E-state index contributed by atoms with van der Waals surface area (Å²) >= 11 is 0. The highest BCUT2D eigenvalue weighted by atomic mass is 16.1. The zero-order chi connectivity index (χ0) is 15.4. The Morgan fingerprint density at radius 2 is 2.05 bits per heavy atom. The molecule has 1 aliphatic heterocycles. The average molecular weight is 292 g/mol. The lowest BCUT2D eigenvalue weighted by Gasteiger charge is -2.19. The van der Waals surface area contributed by atoms with E-state index in [9.17, 15) is 4.79 Å². The minimum Gasteiger partial charge on any atom is -0.356 e. The molecule has 0 aliphatic carbocycles. The SMILES string of the molecule is N#Cc1cccc(NC(=O)c2cccnc2N2CCCC2)c1. The van der Waals surface area contributed by atoms with Crippen LogP contribution < -0.4 is 10.2 Å². The van der Waals surface area contributed by atoms with Crippen LogP contribution >= 0.6 is 0 Å². The number of aromatic nitrogens is 1. The minimum absolute atomic E-state index is 0.204. The third-order valence-corrected chi connectivity index (χ3v) is 3.69. The smallest absolute Gasteiger partial charge is 0.259 e. The number of nitrogens with one attached hydrogen (secondary N) is 1. The van der Waals surface area contributed by atoms with Gasteiger partial charge in [0.2, 0.25) is 0 Å². The first-order chi connectivity index (χ1) is 10.8. The molecule has 2 heterocycles. The van der Waals surface area contributed by atoms with E-state index < -0.39 is 0 Å². The molecule has 1 N–H and O–H groups in total. The zero-order valence-electron chi connectivity index (χ0n) is 12.1. The van der Waals surface area contributed by atoms with Crippen molar-refractivity contribution in [3.8, 4) is 6.07 Å². The fourth-order valence-corrected chi connectivity index (χ4v) is 2.62. The topological polar surface area (TPSA) is 69.0 Å². The van der Waals surface area contributed by atoms with E-state index in [2.05, 4.69) is 21.3 Å². The van der Waals surface area contributed by atoms with Gasteiger partial charge in [0.25, 0.3) is 5.91 Å². The molecule has 22 heavy (non-hydrogen) atoms. The summed E-state index contributed by atoms with van der Waals surface area (Å²) in [6, 6.07) is 12.5. The van der Waals surface area contributed by atoms with E-state index in [1.54, 1.807) is 42.6 Å². The Morgan fingerprint density at radius 3 is 2.82 bits per heavy atom. The second kappa shape index (κ2) is 6.27. The number of nitriles is 1. The first-order valence-electron chi connectivity index (χ1n) is 7.29. The van der Waals surface area contributed by atoms with Crippen LogP contribution in [-0.2, 0) is 0 Å². The molecule has 0 radical (unpaired) electrons. The summed E-state index contributed by atoms with van der Waals surface area (Å²) < 4.78 is 0. The number of hydrogen-bond acceptors (Lipinski definition) is 4. The molecule has 0 bridgehead atoms. The van der Waals surface area contributed by atoms with Crippen LogP contribution in [0.4, 0.5) is 11.5 Å². The number of benzene rings is 1. The summed E-state index contributed by atoms with van der Waals surface area (Å²) in [5.74, 6) is 0.527. The van der Waals surface area contributed by atoms with Crippen LogP contribution in [0.5, 0.6) is 0 Å². The molecule has 1 aliphatic rings. The Labute approximate surface area is 129 Å². The summed E-state index contributed by atoms with van der Waals surface area (Å²) in [6.07, 6.45) is 3.96. The third-order valence-electron chi connectivity index (χ3n) is 3.69. The fourth-order valence-electron chi connectivity index (χ4n) is 2.62. The van der Waals surface area contributed by atoms with Crippen molar-refractivity contribution >= 4 is 17.4 Å². The molecular formula is C17H16N4O. The normalized spacial score (nSPS) is 13.7. The van der Waals surface area contributed by atoms with Crippen molar-refractivity contribution in [3.05, 3.63) is 53.7 Å². The van der Waals surface area contributed by atoms with Crippen LogP contribution in [0.1, 0.15) is 28.8 Å². The van der Waals surface area contributed by atoms with Crippen molar-refractivity contribution in [2.24, 2.45) is 0 Å². The minimum atomic E-state index is -0.204. The summed E-state index contributed by atoms with van der Waals surface area (Å²) in [7, 11) is 0. The molecular weight excluding hydrogens is 276 g/mol. The van der Waals surface area contributed by atoms with Crippen molar-refractivity contribution < 1.29 is 4.79 Å². The fraction of sp³-hybridized carbons (Fsp3) is 0.235. The van der Waals surface area contributed by atoms with Gasteiger partial charge >= 0.3 is 0 Å². The van der Waals surface area contributed by atoms with E-state index in [0.29, 0.717) is 16.8 Å². The van der Waals surface area contributed by atoms with E-state index in [1.807, 2.05) is 0 Å². The monoisotopic (exact) mass is 292 g/mol. The van der Waals surface area contributed by atoms with Gasteiger partial charge in [0.05, 0.1) is 17.2 Å². The lowest BCUT2D eigenvalue weighted by molar-refractivity contribution is 0.102. The van der Waals surface area contributed by atoms with Crippen molar-refractivity contribution in [2.45, 2.75) is 12.8 Å². The number of amides is 1. The second-order valence-corrected chi connectivity index (χ2v) is 5.22. The van der Waals surface area contributed by atoms with E-state index in [1.165, 1.54) is 0 Å². The molecule has 1 amide bonds. The van der Waals surface area contributed by atoms with Crippen LogP contribution in [0.25, 0.3) is 0 Å². The molecule has 1 fully saturated rings. The predicted molar refractivity (Wildman–Crippen MR) is 84.8 cm³/mol. The summed E-state index contributed by atoms with van der Waals surface area (Å²) in [6.45, 7) is 1.86. The zero-order valence-corrected chi connectivity index (χ0v) is 12.1. The maximum Gasteiger partial charge on any atom is 0.259 e. The van der Waals surface area contributed by atoms with E-state index >= 15 is 0 Å². The number of pyridine rings is 1. The van der Waals surface area contributed by atoms with Gasteiger partial charge in [-0.2, -0.15) is 5.26 Å². The van der Waals surface area contributed by atoms with Gasteiger partial charge in [0, 0.05) is 25.0 Å². The molecule has 0 atom stereocenters. The van der Waals surface area contributed by atoms with Gasteiger partial charge in [-0.3, -0.25) is 4.79 Å². The van der Waals surface area contributed by atoms with E-state index in [4.69, 9.17) is 5.26 Å². The van der Waals surface area contributed by atoms with E-state index in [-0.39, 0.29) is 5.91 Å². The first kappa shape index (κ1) is 14.1. The molecule has 0 saturated carbocycles. The van der Waals surface area contributed by atoms with Gasteiger partial charge in [-0.1, -0.05) is 6.07 Å². The Balaban J connectivity index is 1.84. The molecule has 5 heteroatoms. The van der Waals surface area contributed by atoms with Crippen LogP contribution in [-0.4, -0.2) is 24.0 Å². The highest BCUT2D eigenvalue weighted by Gasteiger charge is 2.20. The van der Waals surface area contributed by atoms with Gasteiger partial charge < -0.3 is 10.2 Å². The number of rotatable bonds is 3. The second-order valence-electron chi connectivity index (χ2n) is 5.22. The number of nitrogens with zero attached hydrogens (tertiary/aromatic N) is 3.